The third kappa shape index (κ3) is 3.77. The molecule has 0 saturated heterocycles. The molecule has 5 heteroatoms. The molecule has 0 aromatic heterocycles. The standard InChI is InChI=1S/C10H12ClNO3/c11-9-6-8(14)2-1-7(9)5-10(15)12-3-4-13/h1-2,6,13-14H,3-5H2,(H,12,15). The first-order chi connectivity index (χ1) is 7.13. The van der Waals surface area contributed by atoms with E-state index in [1.165, 1.54) is 12.1 Å². The van der Waals surface area contributed by atoms with Crippen LogP contribution < -0.4 is 5.32 Å². The number of carbonyl (C=O) groups is 1. The Labute approximate surface area is 92.5 Å². The first-order valence-electron chi connectivity index (χ1n) is 4.48. The van der Waals surface area contributed by atoms with Crippen LogP contribution in [0.1, 0.15) is 5.56 Å². The van der Waals surface area contributed by atoms with E-state index in [-0.39, 0.29) is 31.2 Å². The Hall–Kier alpha value is -1.26. The molecule has 0 saturated carbocycles. The van der Waals surface area contributed by atoms with Crippen molar-refractivity contribution in [3.63, 3.8) is 0 Å². The molecule has 0 bridgehead atoms. The molecule has 1 aromatic carbocycles. The molecule has 0 unspecified atom stereocenters. The van der Waals surface area contributed by atoms with E-state index in [1.54, 1.807) is 6.07 Å². The molecule has 0 aliphatic carbocycles. The van der Waals surface area contributed by atoms with Gasteiger partial charge in [-0.25, -0.2) is 0 Å². The number of hydrogen-bond acceptors (Lipinski definition) is 3. The summed E-state index contributed by atoms with van der Waals surface area (Å²) in [7, 11) is 0. The molecule has 3 N–H and O–H groups in total. The van der Waals surface area contributed by atoms with Gasteiger partial charge >= 0.3 is 0 Å². The topological polar surface area (TPSA) is 69.6 Å². The van der Waals surface area contributed by atoms with Crippen molar-refractivity contribution in [3.8, 4) is 5.75 Å². The normalized spacial score (nSPS) is 10.0. The highest BCUT2D eigenvalue weighted by Gasteiger charge is 2.06. The van der Waals surface area contributed by atoms with Gasteiger partial charge in [-0.3, -0.25) is 4.79 Å². The lowest BCUT2D eigenvalue weighted by molar-refractivity contribution is -0.120. The van der Waals surface area contributed by atoms with Crippen LogP contribution in [0.5, 0.6) is 5.75 Å². The van der Waals surface area contributed by atoms with Gasteiger partial charge in [0.2, 0.25) is 5.91 Å². The molecule has 0 fully saturated rings. The number of nitrogens with one attached hydrogen (secondary N) is 1. The SMILES string of the molecule is O=C(Cc1ccc(O)cc1Cl)NCCO. The Morgan fingerprint density at radius 1 is 1.47 bits per heavy atom. The van der Waals surface area contributed by atoms with Crippen LogP contribution in [0.3, 0.4) is 0 Å². The number of benzene rings is 1. The number of aromatic hydroxyl groups is 1. The molecule has 15 heavy (non-hydrogen) atoms. The van der Waals surface area contributed by atoms with Crippen LogP contribution in [0.2, 0.25) is 5.02 Å². The number of aliphatic hydroxyl groups excluding tert-OH is 1. The van der Waals surface area contributed by atoms with Gasteiger partial charge in [-0.2, -0.15) is 0 Å². The molecule has 4 nitrogen and oxygen atoms in total. The molecule has 1 rings (SSSR count). The van der Waals surface area contributed by atoms with Gasteiger partial charge in [0.1, 0.15) is 5.75 Å². The highest BCUT2D eigenvalue weighted by Crippen LogP contribution is 2.21. The first kappa shape index (κ1) is 11.8. The fourth-order valence-electron chi connectivity index (χ4n) is 1.11. The monoisotopic (exact) mass is 229 g/mol. The molecule has 0 aliphatic heterocycles. The maximum Gasteiger partial charge on any atom is 0.224 e. The van der Waals surface area contributed by atoms with E-state index >= 15 is 0 Å². The Morgan fingerprint density at radius 2 is 2.20 bits per heavy atom. The fraction of sp³-hybridized carbons (Fsp3) is 0.300. The average molecular weight is 230 g/mol. The van der Waals surface area contributed by atoms with E-state index in [2.05, 4.69) is 5.32 Å². The van der Waals surface area contributed by atoms with Crippen molar-refractivity contribution in [1.29, 1.82) is 0 Å². The zero-order valence-corrected chi connectivity index (χ0v) is 8.79. The number of hydrogen-bond donors (Lipinski definition) is 3. The maximum atomic E-state index is 11.3. The molecule has 0 radical (unpaired) electrons. The van der Waals surface area contributed by atoms with Crippen LogP contribution >= 0.6 is 11.6 Å². The summed E-state index contributed by atoms with van der Waals surface area (Å²) in [6, 6.07) is 4.45. The van der Waals surface area contributed by atoms with E-state index in [0.29, 0.717) is 10.6 Å². The summed E-state index contributed by atoms with van der Waals surface area (Å²) in [5, 5.41) is 20.5. The minimum absolute atomic E-state index is 0.0690. The predicted molar refractivity (Wildman–Crippen MR) is 56.9 cm³/mol. The highest BCUT2D eigenvalue weighted by molar-refractivity contribution is 6.31. The Balaban J connectivity index is 2.60. The van der Waals surface area contributed by atoms with E-state index < -0.39 is 0 Å². The van der Waals surface area contributed by atoms with Crippen LogP contribution in [0.25, 0.3) is 0 Å². The molecular weight excluding hydrogens is 218 g/mol. The van der Waals surface area contributed by atoms with Crippen LogP contribution in [-0.4, -0.2) is 29.3 Å². The van der Waals surface area contributed by atoms with E-state index in [9.17, 15) is 4.79 Å². The molecule has 0 aliphatic rings. The number of phenolic OH excluding ortho intramolecular Hbond substituents is 1. The zero-order valence-electron chi connectivity index (χ0n) is 8.03. The van der Waals surface area contributed by atoms with E-state index in [4.69, 9.17) is 21.8 Å². The summed E-state index contributed by atoms with van der Waals surface area (Å²) in [6.07, 6.45) is 0.138. The number of aliphatic hydroxyl groups is 1. The van der Waals surface area contributed by atoms with Crippen LogP contribution in [0, 0.1) is 0 Å². The second-order valence-corrected chi connectivity index (χ2v) is 3.43. The number of amides is 1. The maximum absolute atomic E-state index is 11.3. The van der Waals surface area contributed by atoms with Gasteiger partial charge in [0.05, 0.1) is 13.0 Å². The second-order valence-electron chi connectivity index (χ2n) is 3.03. The first-order valence-corrected chi connectivity index (χ1v) is 4.86. The van der Waals surface area contributed by atoms with Gasteiger partial charge in [0.15, 0.2) is 0 Å². The van der Waals surface area contributed by atoms with Crippen LogP contribution in [-0.2, 0) is 11.2 Å². The van der Waals surface area contributed by atoms with Gasteiger partial charge in [-0.05, 0) is 17.7 Å². The minimum Gasteiger partial charge on any atom is -0.508 e. The van der Waals surface area contributed by atoms with Gasteiger partial charge in [-0.1, -0.05) is 17.7 Å². The summed E-state index contributed by atoms with van der Waals surface area (Å²) in [5.74, 6) is -0.142. The molecule has 1 aromatic rings. The van der Waals surface area contributed by atoms with E-state index in [1.807, 2.05) is 0 Å². The van der Waals surface area contributed by atoms with Crippen molar-refractivity contribution in [2.45, 2.75) is 6.42 Å². The average Bonchev–Trinajstić information content (AvgIpc) is 2.19. The molecule has 1 amide bonds. The van der Waals surface area contributed by atoms with Crippen molar-refractivity contribution in [2.24, 2.45) is 0 Å². The molecule has 82 valence electrons. The lowest BCUT2D eigenvalue weighted by Gasteiger charge is -2.05. The van der Waals surface area contributed by atoms with Gasteiger partial charge in [-0.15, -0.1) is 0 Å². The largest absolute Gasteiger partial charge is 0.508 e. The predicted octanol–water partition coefficient (Wildman–Crippen LogP) is 0.697. The Bertz CT molecular complexity index is 355. The second kappa shape index (κ2) is 5.58. The van der Waals surface area contributed by atoms with Crippen molar-refractivity contribution in [1.82, 2.24) is 5.32 Å². The summed E-state index contributed by atoms with van der Waals surface area (Å²) >= 11 is 5.82. The summed E-state index contributed by atoms with van der Waals surface area (Å²) < 4.78 is 0. The Kier molecular flexibility index (Phi) is 4.39. The summed E-state index contributed by atoms with van der Waals surface area (Å²) in [4.78, 5) is 11.3. The van der Waals surface area contributed by atoms with Crippen molar-refractivity contribution < 1.29 is 15.0 Å². The smallest absolute Gasteiger partial charge is 0.224 e. The van der Waals surface area contributed by atoms with Crippen molar-refractivity contribution in [3.05, 3.63) is 28.8 Å². The lowest BCUT2D eigenvalue weighted by atomic mass is 10.1. The van der Waals surface area contributed by atoms with Crippen molar-refractivity contribution >= 4 is 17.5 Å². The van der Waals surface area contributed by atoms with Gasteiger partial charge in [0.25, 0.3) is 0 Å². The number of rotatable bonds is 4. The van der Waals surface area contributed by atoms with Crippen LogP contribution in [0.4, 0.5) is 0 Å². The zero-order chi connectivity index (χ0) is 11.3. The highest BCUT2D eigenvalue weighted by atomic mass is 35.5. The van der Waals surface area contributed by atoms with Gasteiger partial charge in [0, 0.05) is 11.6 Å². The fourth-order valence-corrected chi connectivity index (χ4v) is 1.35. The quantitative estimate of drug-likeness (QED) is 0.712. The van der Waals surface area contributed by atoms with Gasteiger partial charge < -0.3 is 15.5 Å². The summed E-state index contributed by atoms with van der Waals surface area (Å²) in [6.45, 7) is 0.142. The molecule has 0 spiro atoms. The number of phenols is 1. The van der Waals surface area contributed by atoms with Crippen molar-refractivity contribution in [2.75, 3.05) is 13.2 Å². The molecule has 0 heterocycles. The third-order valence-electron chi connectivity index (χ3n) is 1.82. The minimum atomic E-state index is -0.211. The van der Waals surface area contributed by atoms with Crippen LogP contribution in [0.15, 0.2) is 18.2 Å². The third-order valence-corrected chi connectivity index (χ3v) is 2.17. The molecular formula is C10H12ClNO3. The number of carbonyl (C=O) groups excluding carboxylic acids is 1. The van der Waals surface area contributed by atoms with E-state index in [0.717, 1.165) is 0 Å². The lowest BCUT2D eigenvalue weighted by Crippen LogP contribution is -2.27. The summed E-state index contributed by atoms with van der Waals surface area (Å²) in [5.41, 5.74) is 0.643. The Morgan fingerprint density at radius 3 is 2.80 bits per heavy atom. The number of halogens is 1. The molecule has 0 atom stereocenters.